The van der Waals surface area contributed by atoms with Crippen LogP contribution in [0.4, 0.5) is 0 Å². The fourth-order valence-electron chi connectivity index (χ4n) is 2.75. The summed E-state index contributed by atoms with van der Waals surface area (Å²) in [6.45, 7) is 5.97. The number of aryl methyl sites for hydroxylation is 2. The second kappa shape index (κ2) is 5.29. The fraction of sp³-hybridized carbons (Fsp3) is 0.438. The predicted octanol–water partition coefficient (Wildman–Crippen LogP) is 2.07. The molecule has 0 bridgehead atoms. The van der Waals surface area contributed by atoms with Gasteiger partial charge in [0.1, 0.15) is 5.58 Å². The van der Waals surface area contributed by atoms with Gasteiger partial charge in [0, 0.05) is 23.5 Å². The molecule has 1 aromatic heterocycles. The molecule has 1 aliphatic heterocycles. The van der Waals surface area contributed by atoms with Crippen molar-refractivity contribution in [3.05, 3.63) is 35.1 Å². The van der Waals surface area contributed by atoms with Crippen molar-refractivity contribution < 1.29 is 9.21 Å². The maximum Gasteiger partial charge on any atom is 0.224 e. The van der Waals surface area contributed by atoms with Crippen molar-refractivity contribution in [2.75, 3.05) is 13.1 Å². The van der Waals surface area contributed by atoms with Gasteiger partial charge in [-0.2, -0.15) is 0 Å². The number of hydrogen-bond donors (Lipinski definition) is 2. The number of hydrogen-bond acceptors (Lipinski definition) is 3. The van der Waals surface area contributed by atoms with E-state index in [0.29, 0.717) is 6.42 Å². The Kier molecular flexibility index (Phi) is 3.49. The third kappa shape index (κ3) is 2.43. The smallest absolute Gasteiger partial charge is 0.224 e. The average molecular weight is 272 g/mol. The lowest BCUT2D eigenvalue weighted by Crippen LogP contribution is -2.37. The minimum Gasteiger partial charge on any atom is -0.464 e. The molecule has 0 aliphatic carbocycles. The predicted molar refractivity (Wildman–Crippen MR) is 78.8 cm³/mol. The summed E-state index contributed by atoms with van der Waals surface area (Å²) >= 11 is 0. The molecule has 1 amide bonds. The lowest BCUT2D eigenvalue weighted by molar-refractivity contribution is -0.121. The van der Waals surface area contributed by atoms with E-state index in [2.05, 4.69) is 30.5 Å². The molecule has 4 heteroatoms. The van der Waals surface area contributed by atoms with Crippen LogP contribution in [0.5, 0.6) is 0 Å². The van der Waals surface area contributed by atoms with E-state index in [1.165, 1.54) is 5.56 Å². The molecular weight excluding hydrogens is 252 g/mol. The Labute approximate surface area is 118 Å². The minimum absolute atomic E-state index is 0.0691. The van der Waals surface area contributed by atoms with E-state index in [4.69, 9.17) is 4.42 Å². The van der Waals surface area contributed by atoms with Gasteiger partial charge in [-0.25, -0.2) is 0 Å². The van der Waals surface area contributed by atoms with Gasteiger partial charge >= 0.3 is 0 Å². The van der Waals surface area contributed by atoms with Gasteiger partial charge in [-0.1, -0.05) is 12.1 Å². The summed E-state index contributed by atoms with van der Waals surface area (Å²) in [7, 11) is 0. The number of carbonyl (C=O) groups is 1. The number of amides is 1. The van der Waals surface area contributed by atoms with Crippen LogP contribution >= 0.6 is 0 Å². The zero-order valence-electron chi connectivity index (χ0n) is 12.0. The van der Waals surface area contributed by atoms with Crippen LogP contribution in [-0.4, -0.2) is 25.0 Å². The van der Waals surface area contributed by atoms with Crippen molar-refractivity contribution in [3.8, 4) is 0 Å². The third-order valence-corrected chi connectivity index (χ3v) is 4.12. The quantitative estimate of drug-likeness (QED) is 0.899. The monoisotopic (exact) mass is 272 g/mol. The molecule has 1 unspecified atom stereocenters. The average Bonchev–Trinajstić information content (AvgIpc) is 3.04. The van der Waals surface area contributed by atoms with Crippen molar-refractivity contribution in [3.63, 3.8) is 0 Å². The molecule has 1 aliphatic rings. The summed E-state index contributed by atoms with van der Waals surface area (Å²) in [5.41, 5.74) is 4.22. The van der Waals surface area contributed by atoms with Crippen molar-refractivity contribution in [2.45, 2.75) is 32.7 Å². The Balaban J connectivity index is 1.77. The molecule has 2 N–H and O–H groups in total. The van der Waals surface area contributed by atoms with Crippen LogP contribution in [0.3, 0.4) is 0 Å². The maximum absolute atomic E-state index is 12.1. The van der Waals surface area contributed by atoms with Crippen LogP contribution in [-0.2, 0) is 11.2 Å². The van der Waals surface area contributed by atoms with Crippen molar-refractivity contribution in [2.24, 2.45) is 0 Å². The number of fused-ring (bicyclic) bond motifs is 1. The van der Waals surface area contributed by atoms with E-state index < -0.39 is 0 Å². The first-order chi connectivity index (χ1) is 9.65. The van der Waals surface area contributed by atoms with Gasteiger partial charge in [0.2, 0.25) is 5.91 Å². The highest BCUT2D eigenvalue weighted by atomic mass is 16.3. The third-order valence-electron chi connectivity index (χ3n) is 4.12. The molecule has 1 aromatic carbocycles. The first-order valence-electron chi connectivity index (χ1n) is 7.11. The van der Waals surface area contributed by atoms with E-state index >= 15 is 0 Å². The van der Waals surface area contributed by atoms with Crippen LogP contribution in [0.25, 0.3) is 11.0 Å². The van der Waals surface area contributed by atoms with Crippen LogP contribution in [0, 0.1) is 13.8 Å². The molecule has 2 aromatic rings. The number of rotatable bonds is 3. The highest BCUT2D eigenvalue weighted by Crippen LogP contribution is 2.26. The van der Waals surface area contributed by atoms with Gasteiger partial charge in [0.05, 0.1) is 12.7 Å². The van der Waals surface area contributed by atoms with Gasteiger partial charge < -0.3 is 15.1 Å². The molecule has 20 heavy (non-hydrogen) atoms. The molecule has 1 atom stereocenters. The van der Waals surface area contributed by atoms with Gasteiger partial charge in [0.25, 0.3) is 0 Å². The molecular formula is C16H20N2O2. The summed E-state index contributed by atoms with van der Waals surface area (Å²) in [6.07, 6.45) is 3.10. The SMILES string of the molecule is Cc1ccc2c(CC(=O)NC3CCNC3)coc2c1C. The van der Waals surface area contributed by atoms with E-state index in [9.17, 15) is 4.79 Å². The second-order valence-corrected chi connectivity index (χ2v) is 5.58. The van der Waals surface area contributed by atoms with Crippen LogP contribution < -0.4 is 10.6 Å². The molecule has 106 valence electrons. The topological polar surface area (TPSA) is 54.3 Å². The summed E-state index contributed by atoms with van der Waals surface area (Å²) in [5.74, 6) is 0.0691. The first-order valence-corrected chi connectivity index (χ1v) is 7.11. The van der Waals surface area contributed by atoms with E-state index in [1.54, 1.807) is 6.26 Å². The van der Waals surface area contributed by atoms with Gasteiger partial charge in [0.15, 0.2) is 0 Å². The lowest BCUT2D eigenvalue weighted by atomic mass is 10.0. The maximum atomic E-state index is 12.1. The summed E-state index contributed by atoms with van der Waals surface area (Å²) in [6, 6.07) is 4.39. The van der Waals surface area contributed by atoms with Crippen LogP contribution in [0.2, 0.25) is 0 Å². The standard InChI is InChI=1S/C16H20N2O2/c1-10-3-4-14-12(9-20-16(14)11(10)2)7-15(19)18-13-5-6-17-8-13/h3-4,9,13,17H,5-8H2,1-2H3,(H,18,19). The second-order valence-electron chi connectivity index (χ2n) is 5.58. The Hall–Kier alpha value is -1.81. The Bertz CT molecular complexity index is 639. The van der Waals surface area contributed by atoms with E-state index in [1.807, 2.05) is 6.07 Å². The van der Waals surface area contributed by atoms with E-state index in [0.717, 1.165) is 41.6 Å². The van der Waals surface area contributed by atoms with Gasteiger partial charge in [-0.05, 0) is 37.9 Å². The van der Waals surface area contributed by atoms with Crippen molar-refractivity contribution >= 4 is 16.9 Å². The Morgan fingerprint density at radius 1 is 1.45 bits per heavy atom. The van der Waals surface area contributed by atoms with Crippen molar-refractivity contribution in [1.29, 1.82) is 0 Å². The normalized spacial score (nSPS) is 18.6. The fourth-order valence-corrected chi connectivity index (χ4v) is 2.75. The molecule has 2 heterocycles. The minimum atomic E-state index is 0.0691. The summed E-state index contributed by atoms with van der Waals surface area (Å²) in [5, 5.41) is 7.36. The van der Waals surface area contributed by atoms with E-state index in [-0.39, 0.29) is 11.9 Å². The van der Waals surface area contributed by atoms with Crippen LogP contribution in [0.1, 0.15) is 23.1 Å². The highest BCUT2D eigenvalue weighted by Gasteiger charge is 2.18. The number of benzene rings is 1. The molecule has 4 nitrogen and oxygen atoms in total. The number of furan rings is 1. The molecule has 1 fully saturated rings. The number of nitrogens with one attached hydrogen (secondary N) is 2. The van der Waals surface area contributed by atoms with Gasteiger partial charge in [-0.15, -0.1) is 0 Å². The first kappa shape index (κ1) is 13.2. The number of carbonyl (C=O) groups excluding carboxylic acids is 1. The Morgan fingerprint density at radius 2 is 2.30 bits per heavy atom. The zero-order chi connectivity index (χ0) is 14.1. The largest absolute Gasteiger partial charge is 0.464 e. The molecule has 0 saturated carbocycles. The van der Waals surface area contributed by atoms with Crippen molar-refractivity contribution in [1.82, 2.24) is 10.6 Å². The zero-order valence-corrected chi connectivity index (χ0v) is 12.0. The molecule has 1 saturated heterocycles. The Morgan fingerprint density at radius 3 is 3.05 bits per heavy atom. The molecule has 3 rings (SSSR count). The summed E-state index contributed by atoms with van der Waals surface area (Å²) in [4.78, 5) is 12.1. The molecule has 0 radical (unpaired) electrons. The highest BCUT2D eigenvalue weighted by molar-refractivity contribution is 5.89. The lowest BCUT2D eigenvalue weighted by Gasteiger charge is -2.10. The van der Waals surface area contributed by atoms with Gasteiger partial charge in [-0.3, -0.25) is 4.79 Å². The summed E-state index contributed by atoms with van der Waals surface area (Å²) < 4.78 is 5.64. The van der Waals surface area contributed by atoms with Crippen LogP contribution in [0.15, 0.2) is 22.8 Å². The molecule has 0 spiro atoms.